The van der Waals surface area contributed by atoms with Crippen molar-refractivity contribution >= 4 is 34.0 Å². The number of aromatic nitrogens is 2. The van der Waals surface area contributed by atoms with E-state index in [1.807, 2.05) is 26.8 Å². The van der Waals surface area contributed by atoms with Crippen LogP contribution < -0.4 is 20.6 Å². The lowest BCUT2D eigenvalue weighted by Crippen LogP contribution is -2.20. The summed E-state index contributed by atoms with van der Waals surface area (Å²) in [6.07, 6.45) is 1.60. The van der Waals surface area contributed by atoms with Crippen molar-refractivity contribution in [3.63, 3.8) is 0 Å². The SMILES string of the molecule is CCOc1cc(C=NNc2nc(C)cc(C)n2)cc(Br)c1OCC(N)=O. The first kappa shape index (κ1) is 19.6. The summed E-state index contributed by atoms with van der Waals surface area (Å²) in [5, 5.41) is 4.15. The third-order valence-electron chi connectivity index (χ3n) is 3.05. The third kappa shape index (κ3) is 5.69. The van der Waals surface area contributed by atoms with E-state index in [1.54, 1.807) is 18.3 Å². The number of halogens is 1. The van der Waals surface area contributed by atoms with Gasteiger partial charge in [0.05, 0.1) is 17.3 Å². The normalized spacial score (nSPS) is 10.8. The largest absolute Gasteiger partial charge is 0.490 e. The Morgan fingerprint density at radius 3 is 2.58 bits per heavy atom. The van der Waals surface area contributed by atoms with Crippen molar-refractivity contribution in [2.45, 2.75) is 20.8 Å². The van der Waals surface area contributed by atoms with Gasteiger partial charge < -0.3 is 15.2 Å². The van der Waals surface area contributed by atoms with Gasteiger partial charge >= 0.3 is 0 Å². The quantitative estimate of drug-likeness (QED) is 0.500. The number of aryl methyl sites for hydroxylation is 2. The molecule has 0 bridgehead atoms. The number of nitrogens with one attached hydrogen (secondary N) is 1. The minimum atomic E-state index is -0.567. The second kappa shape index (κ2) is 9.14. The molecule has 0 fully saturated rings. The molecule has 1 aromatic heterocycles. The van der Waals surface area contributed by atoms with Crippen LogP contribution in [0.2, 0.25) is 0 Å². The Morgan fingerprint density at radius 1 is 1.27 bits per heavy atom. The van der Waals surface area contributed by atoms with Crippen LogP contribution in [0, 0.1) is 13.8 Å². The number of amides is 1. The Balaban J connectivity index is 2.19. The Hall–Kier alpha value is -2.68. The number of hydrazone groups is 1. The van der Waals surface area contributed by atoms with Gasteiger partial charge in [0.25, 0.3) is 5.91 Å². The van der Waals surface area contributed by atoms with Gasteiger partial charge in [-0.25, -0.2) is 15.4 Å². The lowest BCUT2D eigenvalue weighted by molar-refractivity contribution is -0.119. The molecule has 9 heteroatoms. The van der Waals surface area contributed by atoms with Crippen LogP contribution in [0.4, 0.5) is 5.95 Å². The number of anilines is 1. The zero-order valence-corrected chi connectivity index (χ0v) is 16.3. The molecule has 26 heavy (non-hydrogen) atoms. The summed E-state index contributed by atoms with van der Waals surface area (Å²) in [5.74, 6) is 0.743. The van der Waals surface area contributed by atoms with Crippen LogP contribution in [-0.4, -0.2) is 35.3 Å². The molecular formula is C17H20BrN5O3. The fourth-order valence-electron chi connectivity index (χ4n) is 2.15. The number of hydrogen-bond acceptors (Lipinski definition) is 7. The first-order chi connectivity index (χ1) is 12.4. The van der Waals surface area contributed by atoms with Crippen molar-refractivity contribution in [2.24, 2.45) is 10.8 Å². The van der Waals surface area contributed by atoms with Gasteiger partial charge in [0.15, 0.2) is 18.1 Å². The molecule has 0 aliphatic rings. The lowest BCUT2D eigenvalue weighted by atomic mass is 10.2. The number of nitrogens with two attached hydrogens (primary N) is 1. The molecular weight excluding hydrogens is 402 g/mol. The second-order valence-corrected chi connectivity index (χ2v) is 6.22. The fraction of sp³-hybridized carbons (Fsp3) is 0.294. The van der Waals surface area contributed by atoms with Gasteiger partial charge in [-0.3, -0.25) is 4.79 Å². The maximum atomic E-state index is 10.9. The summed E-state index contributed by atoms with van der Waals surface area (Å²) >= 11 is 3.41. The summed E-state index contributed by atoms with van der Waals surface area (Å²) in [4.78, 5) is 19.4. The van der Waals surface area contributed by atoms with Crippen molar-refractivity contribution < 1.29 is 14.3 Å². The van der Waals surface area contributed by atoms with Gasteiger partial charge in [0.1, 0.15) is 0 Å². The van der Waals surface area contributed by atoms with Crippen LogP contribution >= 0.6 is 15.9 Å². The highest BCUT2D eigenvalue weighted by Crippen LogP contribution is 2.36. The predicted molar refractivity (Wildman–Crippen MR) is 103 cm³/mol. The molecule has 3 N–H and O–H groups in total. The highest BCUT2D eigenvalue weighted by Gasteiger charge is 2.13. The summed E-state index contributed by atoms with van der Waals surface area (Å²) in [6, 6.07) is 5.41. The Kier molecular flexibility index (Phi) is 6.90. The first-order valence-corrected chi connectivity index (χ1v) is 8.67. The lowest BCUT2D eigenvalue weighted by Gasteiger charge is -2.13. The number of nitrogens with zero attached hydrogens (tertiary/aromatic N) is 3. The molecule has 138 valence electrons. The van der Waals surface area contributed by atoms with Crippen molar-refractivity contribution in [3.8, 4) is 11.5 Å². The molecule has 0 aliphatic heterocycles. The average Bonchev–Trinajstić information content (AvgIpc) is 2.53. The van der Waals surface area contributed by atoms with Gasteiger partial charge in [-0.15, -0.1) is 0 Å². The average molecular weight is 422 g/mol. The smallest absolute Gasteiger partial charge is 0.255 e. The van der Waals surface area contributed by atoms with E-state index in [0.29, 0.717) is 28.5 Å². The molecule has 0 saturated carbocycles. The summed E-state index contributed by atoms with van der Waals surface area (Å²) in [5.41, 5.74) is 10.4. The predicted octanol–water partition coefficient (Wildman–Crippen LogP) is 2.56. The minimum absolute atomic E-state index is 0.238. The summed E-state index contributed by atoms with van der Waals surface area (Å²) in [6.45, 7) is 5.83. The van der Waals surface area contributed by atoms with E-state index in [0.717, 1.165) is 17.0 Å². The molecule has 1 amide bonds. The number of benzene rings is 1. The van der Waals surface area contributed by atoms with E-state index in [4.69, 9.17) is 15.2 Å². The molecule has 2 aromatic rings. The molecule has 1 heterocycles. The van der Waals surface area contributed by atoms with E-state index in [2.05, 4.69) is 36.4 Å². The standard InChI is InChI=1S/C17H20BrN5O3/c1-4-25-14-7-12(6-13(18)16(14)26-9-15(19)24)8-20-23-17-21-10(2)5-11(3)22-17/h5-8H,4,9H2,1-3H3,(H2,19,24)(H,21,22,23). The van der Waals surface area contributed by atoms with Crippen molar-refractivity contribution in [1.82, 2.24) is 9.97 Å². The van der Waals surface area contributed by atoms with Gasteiger partial charge in [-0.2, -0.15) is 5.10 Å². The highest BCUT2D eigenvalue weighted by molar-refractivity contribution is 9.10. The maximum Gasteiger partial charge on any atom is 0.255 e. The Labute approximate surface area is 159 Å². The Morgan fingerprint density at radius 2 is 1.96 bits per heavy atom. The summed E-state index contributed by atoms with van der Waals surface area (Å²) in [7, 11) is 0. The number of carbonyl (C=O) groups is 1. The number of hydrogen-bond donors (Lipinski definition) is 2. The van der Waals surface area contributed by atoms with Gasteiger partial charge in [-0.05, 0) is 60.5 Å². The fourth-order valence-corrected chi connectivity index (χ4v) is 2.72. The summed E-state index contributed by atoms with van der Waals surface area (Å²) < 4.78 is 11.6. The van der Waals surface area contributed by atoms with Crippen LogP contribution in [0.5, 0.6) is 11.5 Å². The van der Waals surface area contributed by atoms with Crippen LogP contribution in [0.25, 0.3) is 0 Å². The molecule has 0 saturated heterocycles. The van der Waals surface area contributed by atoms with Gasteiger partial charge in [-0.1, -0.05) is 0 Å². The molecule has 0 atom stereocenters. The van der Waals surface area contributed by atoms with Crippen molar-refractivity contribution in [1.29, 1.82) is 0 Å². The monoisotopic (exact) mass is 421 g/mol. The zero-order valence-electron chi connectivity index (χ0n) is 14.7. The van der Waals surface area contributed by atoms with Crippen LogP contribution in [0.3, 0.4) is 0 Å². The van der Waals surface area contributed by atoms with Crippen molar-refractivity contribution in [2.75, 3.05) is 18.6 Å². The van der Waals surface area contributed by atoms with Gasteiger partial charge in [0.2, 0.25) is 5.95 Å². The van der Waals surface area contributed by atoms with Crippen molar-refractivity contribution in [3.05, 3.63) is 39.6 Å². The van der Waals surface area contributed by atoms with Gasteiger partial charge in [0, 0.05) is 11.4 Å². The van der Waals surface area contributed by atoms with E-state index in [1.165, 1.54) is 0 Å². The number of primary amides is 1. The van der Waals surface area contributed by atoms with Crippen LogP contribution in [0.15, 0.2) is 27.8 Å². The first-order valence-electron chi connectivity index (χ1n) is 7.87. The maximum absolute atomic E-state index is 10.9. The Bertz CT molecular complexity index is 806. The molecule has 8 nitrogen and oxygen atoms in total. The highest BCUT2D eigenvalue weighted by atomic mass is 79.9. The van der Waals surface area contributed by atoms with E-state index in [-0.39, 0.29) is 6.61 Å². The minimum Gasteiger partial charge on any atom is -0.490 e. The zero-order chi connectivity index (χ0) is 19.1. The van der Waals surface area contributed by atoms with E-state index < -0.39 is 5.91 Å². The van der Waals surface area contributed by atoms with Crippen LogP contribution in [-0.2, 0) is 4.79 Å². The van der Waals surface area contributed by atoms with E-state index in [9.17, 15) is 4.79 Å². The molecule has 0 unspecified atom stereocenters. The third-order valence-corrected chi connectivity index (χ3v) is 3.64. The molecule has 0 spiro atoms. The number of ether oxygens (including phenoxy) is 2. The molecule has 0 aliphatic carbocycles. The molecule has 2 rings (SSSR count). The number of rotatable bonds is 8. The topological polar surface area (TPSA) is 112 Å². The number of carbonyl (C=O) groups excluding carboxylic acids is 1. The van der Waals surface area contributed by atoms with E-state index >= 15 is 0 Å². The molecule has 0 radical (unpaired) electrons. The van der Waals surface area contributed by atoms with Crippen LogP contribution in [0.1, 0.15) is 23.9 Å². The second-order valence-electron chi connectivity index (χ2n) is 5.36. The molecule has 1 aromatic carbocycles.